The van der Waals surface area contributed by atoms with Gasteiger partial charge in [-0.15, -0.1) is 10.2 Å². The molecular formula is C15H20ClN5O. The van der Waals surface area contributed by atoms with Crippen LogP contribution in [0.2, 0.25) is 5.02 Å². The van der Waals surface area contributed by atoms with E-state index in [0.29, 0.717) is 11.6 Å². The summed E-state index contributed by atoms with van der Waals surface area (Å²) in [5, 5.41) is 11.4. The highest BCUT2D eigenvalue weighted by molar-refractivity contribution is 6.30. The maximum atomic E-state index is 12.3. The number of carbonyl (C=O) groups is 1. The molecule has 2 aromatic rings. The molecule has 1 aromatic heterocycles. The van der Waals surface area contributed by atoms with Crippen LogP contribution in [-0.4, -0.2) is 32.7 Å². The minimum absolute atomic E-state index is 0.0808. The number of rotatable bonds is 5. The van der Waals surface area contributed by atoms with Crippen LogP contribution in [0.1, 0.15) is 31.3 Å². The van der Waals surface area contributed by atoms with Crippen molar-refractivity contribution in [2.75, 3.05) is 7.05 Å². The molecule has 0 aliphatic carbocycles. The number of nitrogens with one attached hydrogen (secondary N) is 1. The Morgan fingerprint density at radius 3 is 2.95 bits per heavy atom. The van der Waals surface area contributed by atoms with Crippen LogP contribution < -0.4 is 5.32 Å². The van der Waals surface area contributed by atoms with Crippen molar-refractivity contribution in [3.05, 3.63) is 47.0 Å². The quantitative estimate of drug-likeness (QED) is 0.921. The van der Waals surface area contributed by atoms with Crippen molar-refractivity contribution in [3.8, 4) is 0 Å². The summed E-state index contributed by atoms with van der Waals surface area (Å²) in [7, 11) is 1.76. The number of aromatic nitrogens is 3. The van der Waals surface area contributed by atoms with Crippen LogP contribution in [0.15, 0.2) is 30.6 Å². The Kier molecular flexibility index (Phi) is 5.38. The summed E-state index contributed by atoms with van der Waals surface area (Å²) in [6.45, 7) is 5.08. The van der Waals surface area contributed by atoms with Crippen molar-refractivity contribution in [1.82, 2.24) is 25.0 Å². The Morgan fingerprint density at radius 2 is 2.27 bits per heavy atom. The average molecular weight is 322 g/mol. The molecule has 0 aliphatic heterocycles. The Hall–Kier alpha value is -2.08. The van der Waals surface area contributed by atoms with Crippen LogP contribution in [0.4, 0.5) is 4.79 Å². The SMILES string of the molecule is CCn1cnnc1CNC(=O)N(C)C(C)c1cccc(Cl)c1. The molecule has 2 rings (SSSR count). The molecule has 118 valence electrons. The predicted molar refractivity (Wildman–Crippen MR) is 85.6 cm³/mol. The number of halogens is 1. The third-order valence-corrected chi connectivity index (χ3v) is 3.90. The van der Waals surface area contributed by atoms with E-state index in [-0.39, 0.29) is 12.1 Å². The molecule has 0 bridgehead atoms. The van der Waals surface area contributed by atoms with E-state index in [1.165, 1.54) is 0 Å². The van der Waals surface area contributed by atoms with Gasteiger partial charge in [0.15, 0.2) is 5.82 Å². The molecule has 6 nitrogen and oxygen atoms in total. The number of benzene rings is 1. The Balaban J connectivity index is 1.97. The first kappa shape index (κ1) is 16.3. The number of urea groups is 1. The topological polar surface area (TPSA) is 63.1 Å². The second-order valence-electron chi connectivity index (χ2n) is 5.03. The third-order valence-electron chi connectivity index (χ3n) is 3.67. The number of hydrogen-bond acceptors (Lipinski definition) is 3. The minimum Gasteiger partial charge on any atom is -0.331 e. The van der Waals surface area contributed by atoms with Crippen LogP contribution in [-0.2, 0) is 13.1 Å². The van der Waals surface area contributed by atoms with E-state index in [1.807, 2.05) is 42.7 Å². The number of hydrogen-bond donors (Lipinski definition) is 1. The fraction of sp³-hybridized carbons (Fsp3) is 0.400. The van der Waals surface area contributed by atoms with Gasteiger partial charge in [-0.2, -0.15) is 0 Å². The highest BCUT2D eigenvalue weighted by Crippen LogP contribution is 2.21. The van der Waals surface area contributed by atoms with Crippen molar-refractivity contribution in [2.45, 2.75) is 33.0 Å². The molecule has 1 atom stereocenters. The molecule has 2 amide bonds. The molecule has 0 fully saturated rings. The van der Waals surface area contributed by atoms with E-state index in [2.05, 4.69) is 15.5 Å². The Bertz CT molecular complexity index is 642. The lowest BCUT2D eigenvalue weighted by atomic mass is 10.1. The summed E-state index contributed by atoms with van der Waals surface area (Å²) < 4.78 is 1.89. The summed E-state index contributed by atoms with van der Waals surface area (Å²) in [5.74, 6) is 0.736. The molecular weight excluding hydrogens is 302 g/mol. The lowest BCUT2D eigenvalue weighted by Gasteiger charge is -2.25. The van der Waals surface area contributed by atoms with Gasteiger partial charge in [-0.1, -0.05) is 23.7 Å². The number of nitrogens with zero attached hydrogens (tertiary/aromatic N) is 4. The highest BCUT2D eigenvalue weighted by Gasteiger charge is 2.18. The van der Waals surface area contributed by atoms with Gasteiger partial charge >= 0.3 is 6.03 Å². The van der Waals surface area contributed by atoms with Crippen LogP contribution in [0.3, 0.4) is 0 Å². The van der Waals surface area contributed by atoms with Gasteiger partial charge < -0.3 is 14.8 Å². The molecule has 1 unspecified atom stereocenters. The Morgan fingerprint density at radius 1 is 1.50 bits per heavy atom. The Labute approximate surface area is 135 Å². The lowest BCUT2D eigenvalue weighted by Crippen LogP contribution is -2.38. The zero-order valence-electron chi connectivity index (χ0n) is 13.0. The van der Waals surface area contributed by atoms with Gasteiger partial charge in [-0.3, -0.25) is 0 Å². The molecule has 22 heavy (non-hydrogen) atoms. The second-order valence-corrected chi connectivity index (χ2v) is 5.47. The molecule has 0 spiro atoms. The van der Waals surface area contributed by atoms with Gasteiger partial charge in [0.25, 0.3) is 0 Å². The monoisotopic (exact) mass is 321 g/mol. The van der Waals surface area contributed by atoms with Crippen molar-refractivity contribution >= 4 is 17.6 Å². The molecule has 7 heteroatoms. The van der Waals surface area contributed by atoms with Crippen LogP contribution in [0.5, 0.6) is 0 Å². The molecule has 0 aliphatic rings. The van der Waals surface area contributed by atoms with Crippen molar-refractivity contribution in [1.29, 1.82) is 0 Å². The maximum Gasteiger partial charge on any atom is 0.318 e. The van der Waals surface area contributed by atoms with Crippen LogP contribution in [0.25, 0.3) is 0 Å². The highest BCUT2D eigenvalue weighted by atomic mass is 35.5. The largest absolute Gasteiger partial charge is 0.331 e. The smallest absolute Gasteiger partial charge is 0.318 e. The second kappa shape index (κ2) is 7.26. The standard InChI is InChI=1S/C15H20ClN5O/c1-4-21-10-18-19-14(21)9-17-15(22)20(3)11(2)12-6-5-7-13(16)8-12/h5-8,10-11H,4,9H2,1-3H3,(H,17,22). The van der Waals surface area contributed by atoms with Crippen molar-refractivity contribution in [3.63, 3.8) is 0 Å². The van der Waals surface area contributed by atoms with Gasteiger partial charge in [0, 0.05) is 18.6 Å². The number of amides is 2. The fourth-order valence-corrected chi connectivity index (χ4v) is 2.32. The first-order chi connectivity index (χ1) is 10.5. The van der Waals surface area contributed by atoms with E-state index in [1.54, 1.807) is 18.3 Å². The van der Waals surface area contributed by atoms with Crippen molar-refractivity contribution < 1.29 is 4.79 Å². The predicted octanol–water partition coefficient (Wildman–Crippen LogP) is 2.85. The first-order valence-corrected chi connectivity index (χ1v) is 7.53. The molecule has 1 heterocycles. The van der Waals surface area contributed by atoms with Gasteiger partial charge in [-0.25, -0.2) is 4.79 Å². The molecule has 0 saturated carbocycles. The zero-order valence-corrected chi connectivity index (χ0v) is 13.7. The fourth-order valence-electron chi connectivity index (χ4n) is 2.13. The summed E-state index contributed by atoms with van der Waals surface area (Å²) in [6.07, 6.45) is 1.65. The van der Waals surface area contributed by atoms with E-state index < -0.39 is 0 Å². The number of carbonyl (C=O) groups excluding carboxylic acids is 1. The summed E-state index contributed by atoms with van der Waals surface area (Å²) in [6, 6.07) is 7.26. The van der Waals surface area contributed by atoms with Gasteiger partial charge in [-0.05, 0) is 31.5 Å². The van der Waals surface area contributed by atoms with Gasteiger partial charge in [0.2, 0.25) is 0 Å². The lowest BCUT2D eigenvalue weighted by molar-refractivity contribution is 0.193. The van der Waals surface area contributed by atoms with E-state index in [9.17, 15) is 4.79 Å². The van der Waals surface area contributed by atoms with E-state index in [4.69, 9.17) is 11.6 Å². The van der Waals surface area contributed by atoms with E-state index >= 15 is 0 Å². The summed E-state index contributed by atoms with van der Waals surface area (Å²) in [5.41, 5.74) is 0.988. The summed E-state index contributed by atoms with van der Waals surface area (Å²) >= 11 is 6.00. The molecule has 0 radical (unpaired) electrons. The summed E-state index contributed by atoms with van der Waals surface area (Å²) in [4.78, 5) is 13.9. The van der Waals surface area contributed by atoms with E-state index in [0.717, 1.165) is 17.9 Å². The average Bonchev–Trinajstić information content (AvgIpc) is 2.98. The third kappa shape index (κ3) is 3.76. The van der Waals surface area contributed by atoms with Crippen LogP contribution in [0, 0.1) is 0 Å². The number of aryl methyl sites for hydroxylation is 1. The molecule has 1 N–H and O–H groups in total. The van der Waals surface area contributed by atoms with Crippen molar-refractivity contribution in [2.24, 2.45) is 0 Å². The normalized spacial score (nSPS) is 12.0. The zero-order chi connectivity index (χ0) is 16.1. The maximum absolute atomic E-state index is 12.3. The van der Waals surface area contributed by atoms with Gasteiger partial charge in [0.05, 0.1) is 12.6 Å². The van der Waals surface area contributed by atoms with Crippen LogP contribution >= 0.6 is 11.6 Å². The minimum atomic E-state index is -0.168. The molecule has 0 saturated heterocycles. The van der Waals surface area contributed by atoms with Gasteiger partial charge in [0.1, 0.15) is 6.33 Å². The molecule has 1 aromatic carbocycles. The first-order valence-electron chi connectivity index (χ1n) is 7.15.